The SMILES string of the molecule is O=C1c2ccccc2N[C@H](c2ccc([N+](=O)[O-])cc2)N1Cc1ccc2c(c1)OCO2. The Labute approximate surface area is 171 Å². The molecule has 3 aromatic rings. The number of benzene rings is 3. The molecule has 0 bridgehead atoms. The van der Waals surface area contributed by atoms with Crippen molar-refractivity contribution in [2.24, 2.45) is 0 Å². The largest absolute Gasteiger partial charge is 0.454 e. The van der Waals surface area contributed by atoms with E-state index >= 15 is 0 Å². The molecule has 30 heavy (non-hydrogen) atoms. The number of non-ortho nitro benzene ring substituents is 1. The summed E-state index contributed by atoms with van der Waals surface area (Å²) in [5.41, 5.74) is 2.96. The molecule has 2 heterocycles. The highest BCUT2D eigenvalue weighted by molar-refractivity contribution is 6.01. The first-order valence-electron chi connectivity index (χ1n) is 9.39. The maximum Gasteiger partial charge on any atom is 0.269 e. The van der Waals surface area contributed by atoms with Crippen molar-refractivity contribution in [3.8, 4) is 11.5 Å². The van der Waals surface area contributed by atoms with Gasteiger partial charge in [0.05, 0.1) is 10.5 Å². The van der Waals surface area contributed by atoms with Crippen molar-refractivity contribution < 1.29 is 19.2 Å². The zero-order valence-electron chi connectivity index (χ0n) is 15.8. The van der Waals surface area contributed by atoms with E-state index in [4.69, 9.17) is 9.47 Å². The van der Waals surface area contributed by atoms with Crippen LogP contribution in [0.4, 0.5) is 11.4 Å². The number of carbonyl (C=O) groups excluding carboxylic acids is 1. The summed E-state index contributed by atoms with van der Waals surface area (Å²) in [6.45, 7) is 0.514. The van der Waals surface area contributed by atoms with Gasteiger partial charge in [0.2, 0.25) is 6.79 Å². The number of para-hydroxylation sites is 1. The van der Waals surface area contributed by atoms with Gasteiger partial charge in [-0.1, -0.05) is 18.2 Å². The van der Waals surface area contributed by atoms with Crippen LogP contribution < -0.4 is 14.8 Å². The number of ether oxygens (including phenoxy) is 2. The van der Waals surface area contributed by atoms with Crippen LogP contribution in [0.25, 0.3) is 0 Å². The summed E-state index contributed by atoms with van der Waals surface area (Å²) < 4.78 is 10.8. The third-order valence-electron chi connectivity index (χ3n) is 5.23. The molecule has 2 aliphatic rings. The number of nitrogens with one attached hydrogen (secondary N) is 1. The van der Waals surface area contributed by atoms with Gasteiger partial charge in [-0.2, -0.15) is 0 Å². The monoisotopic (exact) mass is 403 g/mol. The molecule has 8 nitrogen and oxygen atoms in total. The molecule has 0 saturated heterocycles. The first kappa shape index (κ1) is 18.0. The van der Waals surface area contributed by atoms with Crippen molar-refractivity contribution in [2.75, 3.05) is 12.1 Å². The van der Waals surface area contributed by atoms with Gasteiger partial charge in [0.1, 0.15) is 6.17 Å². The van der Waals surface area contributed by atoms with Gasteiger partial charge < -0.3 is 19.7 Å². The van der Waals surface area contributed by atoms with Crippen LogP contribution in [0.15, 0.2) is 66.7 Å². The third kappa shape index (κ3) is 3.08. The molecule has 3 aromatic carbocycles. The topological polar surface area (TPSA) is 93.9 Å². The number of anilines is 1. The summed E-state index contributed by atoms with van der Waals surface area (Å²) in [4.78, 5) is 25.6. The lowest BCUT2D eigenvalue weighted by Crippen LogP contribution is -2.42. The van der Waals surface area contributed by atoms with E-state index in [2.05, 4.69) is 5.32 Å². The van der Waals surface area contributed by atoms with Gasteiger partial charge in [-0.05, 0) is 47.5 Å². The summed E-state index contributed by atoms with van der Waals surface area (Å²) in [7, 11) is 0. The smallest absolute Gasteiger partial charge is 0.269 e. The molecule has 0 spiro atoms. The van der Waals surface area contributed by atoms with E-state index in [0.29, 0.717) is 23.6 Å². The van der Waals surface area contributed by atoms with Crippen molar-refractivity contribution in [3.05, 3.63) is 93.5 Å². The van der Waals surface area contributed by atoms with E-state index in [1.807, 2.05) is 36.4 Å². The maximum atomic E-state index is 13.3. The molecule has 2 aliphatic heterocycles. The Morgan fingerprint density at radius 2 is 1.80 bits per heavy atom. The normalized spacial score (nSPS) is 16.7. The zero-order chi connectivity index (χ0) is 20.7. The summed E-state index contributed by atoms with van der Waals surface area (Å²) in [5.74, 6) is 1.21. The van der Waals surface area contributed by atoms with Crippen LogP contribution in [0, 0.1) is 10.1 Å². The van der Waals surface area contributed by atoms with Gasteiger partial charge in [0, 0.05) is 24.4 Å². The van der Waals surface area contributed by atoms with E-state index in [1.54, 1.807) is 23.1 Å². The highest BCUT2D eigenvalue weighted by Crippen LogP contribution is 2.37. The molecule has 5 rings (SSSR count). The molecule has 0 aliphatic carbocycles. The Balaban J connectivity index is 1.52. The molecule has 1 amide bonds. The van der Waals surface area contributed by atoms with Crippen LogP contribution in [0.5, 0.6) is 11.5 Å². The second-order valence-corrected chi connectivity index (χ2v) is 7.06. The van der Waals surface area contributed by atoms with Gasteiger partial charge >= 0.3 is 0 Å². The Morgan fingerprint density at radius 3 is 2.60 bits per heavy atom. The van der Waals surface area contributed by atoms with Crippen LogP contribution >= 0.6 is 0 Å². The first-order chi connectivity index (χ1) is 14.6. The molecule has 8 heteroatoms. The number of nitro benzene ring substituents is 1. The van der Waals surface area contributed by atoms with Crippen LogP contribution in [0.2, 0.25) is 0 Å². The van der Waals surface area contributed by atoms with Crippen molar-refractivity contribution in [1.29, 1.82) is 0 Å². The fourth-order valence-corrected chi connectivity index (χ4v) is 3.73. The highest BCUT2D eigenvalue weighted by Gasteiger charge is 2.33. The average Bonchev–Trinajstić information content (AvgIpc) is 3.23. The summed E-state index contributed by atoms with van der Waals surface area (Å²) in [5, 5.41) is 14.4. The second-order valence-electron chi connectivity index (χ2n) is 7.06. The number of hydrogen-bond donors (Lipinski definition) is 1. The van der Waals surface area contributed by atoms with Crippen LogP contribution in [-0.2, 0) is 6.54 Å². The average molecular weight is 403 g/mol. The number of rotatable bonds is 4. The lowest BCUT2D eigenvalue weighted by atomic mass is 10.0. The van der Waals surface area contributed by atoms with Crippen molar-refractivity contribution in [3.63, 3.8) is 0 Å². The predicted molar refractivity (Wildman–Crippen MR) is 108 cm³/mol. The predicted octanol–water partition coefficient (Wildman–Crippen LogP) is 4.09. The summed E-state index contributed by atoms with van der Waals surface area (Å²) in [6.07, 6.45) is -0.473. The Bertz CT molecular complexity index is 1150. The first-order valence-corrected chi connectivity index (χ1v) is 9.39. The number of nitrogens with zero attached hydrogens (tertiary/aromatic N) is 2. The number of carbonyl (C=O) groups is 1. The summed E-state index contributed by atoms with van der Waals surface area (Å²) >= 11 is 0. The molecule has 0 saturated carbocycles. The molecule has 0 fully saturated rings. The van der Waals surface area contributed by atoms with E-state index in [-0.39, 0.29) is 18.4 Å². The van der Waals surface area contributed by atoms with E-state index < -0.39 is 11.1 Å². The number of nitro groups is 1. The number of amides is 1. The van der Waals surface area contributed by atoms with Gasteiger partial charge in [-0.25, -0.2) is 0 Å². The van der Waals surface area contributed by atoms with Crippen molar-refractivity contribution in [1.82, 2.24) is 4.90 Å². The number of fused-ring (bicyclic) bond motifs is 2. The minimum Gasteiger partial charge on any atom is -0.454 e. The quantitative estimate of drug-likeness (QED) is 0.521. The molecule has 1 atom stereocenters. The van der Waals surface area contributed by atoms with E-state index in [0.717, 1.165) is 16.8 Å². The van der Waals surface area contributed by atoms with Gasteiger partial charge in [-0.3, -0.25) is 14.9 Å². The van der Waals surface area contributed by atoms with Crippen LogP contribution in [0.1, 0.15) is 27.7 Å². The standard InChI is InChI=1S/C22H17N3O5/c26-22-17-3-1-2-4-18(17)23-21(15-6-8-16(9-7-15)25(27)28)24(22)12-14-5-10-19-20(11-14)30-13-29-19/h1-11,21,23H,12-13H2/t21-/m0/s1. The van der Waals surface area contributed by atoms with Gasteiger partial charge in [0.15, 0.2) is 11.5 Å². The minimum atomic E-state index is -0.473. The molecule has 0 radical (unpaired) electrons. The third-order valence-corrected chi connectivity index (χ3v) is 5.23. The Hall–Kier alpha value is -4.07. The molecule has 1 N–H and O–H groups in total. The van der Waals surface area contributed by atoms with E-state index in [1.165, 1.54) is 12.1 Å². The zero-order valence-corrected chi connectivity index (χ0v) is 15.8. The number of hydrogen-bond acceptors (Lipinski definition) is 6. The molecule has 150 valence electrons. The second kappa shape index (κ2) is 7.07. The lowest BCUT2D eigenvalue weighted by Gasteiger charge is -2.38. The molecule has 0 unspecified atom stereocenters. The molecular weight excluding hydrogens is 386 g/mol. The molecule has 0 aromatic heterocycles. The van der Waals surface area contributed by atoms with Crippen molar-refractivity contribution >= 4 is 17.3 Å². The summed E-state index contributed by atoms with van der Waals surface area (Å²) in [6, 6.07) is 19.1. The Kier molecular flexibility index (Phi) is 4.24. The van der Waals surface area contributed by atoms with Crippen molar-refractivity contribution in [2.45, 2.75) is 12.7 Å². The minimum absolute atomic E-state index is 0.00334. The van der Waals surface area contributed by atoms with Gasteiger partial charge in [-0.15, -0.1) is 0 Å². The van der Waals surface area contributed by atoms with E-state index in [9.17, 15) is 14.9 Å². The van der Waals surface area contributed by atoms with Gasteiger partial charge in [0.25, 0.3) is 11.6 Å². The fraction of sp³-hybridized carbons (Fsp3) is 0.136. The highest BCUT2D eigenvalue weighted by atomic mass is 16.7. The maximum absolute atomic E-state index is 13.3. The molecular formula is C22H17N3O5. The van der Waals surface area contributed by atoms with Crippen LogP contribution in [-0.4, -0.2) is 22.5 Å². The fourth-order valence-electron chi connectivity index (χ4n) is 3.73. The van der Waals surface area contributed by atoms with Crippen LogP contribution in [0.3, 0.4) is 0 Å². The Morgan fingerprint density at radius 1 is 1.03 bits per heavy atom. The lowest BCUT2D eigenvalue weighted by molar-refractivity contribution is -0.384.